The molecule has 0 heterocycles. The summed E-state index contributed by atoms with van der Waals surface area (Å²) >= 11 is 5.09. The maximum Gasteiger partial charge on any atom is 0.404 e. The van der Waals surface area contributed by atoms with Crippen molar-refractivity contribution in [1.29, 1.82) is 0 Å². The Labute approximate surface area is 101 Å². The van der Waals surface area contributed by atoms with E-state index in [1.165, 1.54) is 5.56 Å². The monoisotopic (exact) mass is 289 g/mol. The third-order valence-corrected chi connectivity index (χ3v) is 3.26. The van der Waals surface area contributed by atoms with E-state index in [0.29, 0.717) is 6.54 Å². The molecule has 1 amide bonds. The third kappa shape index (κ3) is 5.69. The maximum absolute atomic E-state index is 10.1. The highest BCUT2D eigenvalue weighted by Gasteiger charge is 1.95. The van der Waals surface area contributed by atoms with Crippen LogP contribution < -0.4 is 5.32 Å². The van der Waals surface area contributed by atoms with E-state index >= 15 is 0 Å². The van der Waals surface area contributed by atoms with Crippen molar-refractivity contribution in [2.24, 2.45) is 0 Å². The van der Waals surface area contributed by atoms with E-state index in [0.717, 1.165) is 16.0 Å². The first-order valence-electron chi connectivity index (χ1n) is 4.47. The second-order valence-electron chi connectivity index (χ2n) is 2.91. The molecular formula is C10H12BrNO2S. The third-order valence-electron chi connectivity index (χ3n) is 1.70. The molecular weight excluding hydrogens is 278 g/mol. The van der Waals surface area contributed by atoms with Crippen molar-refractivity contribution in [2.45, 2.75) is 5.75 Å². The molecule has 0 fully saturated rings. The number of benzene rings is 1. The van der Waals surface area contributed by atoms with Crippen LogP contribution in [0.25, 0.3) is 0 Å². The van der Waals surface area contributed by atoms with Gasteiger partial charge in [-0.2, -0.15) is 11.8 Å². The SMILES string of the molecule is O=C(O)NCCSCc1ccc(Br)cc1. The summed E-state index contributed by atoms with van der Waals surface area (Å²) in [6.45, 7) is 0.497. The van der Waals surface area contributed by atoms with Crippen LogP contribution in [0.1, 0.15) is 5.56 Å². The molecule has 0 radical (unpaired) electrons. The van der Waals surface area contributed by atoms with Gasteiger partial charge < -0.3 is 10.4 Å². The molecule has 0 saturated heterocycles. The Morgan fingerprint density at radius 1 is 1.40 bits per heavy atom. The molecule has 5 heteroatoms. The van der Waals surface area contributed by atoms with Crippen molar-refractivity contribution in [1.82, 2.24) is 5.32 Å². The highest BCUT2D eigenvalue weighted by Crippen LogP contribution is 2.15. The molecule has 15 heavy (non-hydrogen) atoms. The smallest absolute Gasteiger partial charge is 0.404 e. The lowest BCUT2D eigenvalue weighted by molar-refractivity contribution is 0.195. The summed E-state index contributed by atoms with van der Waals surface area (Å²) in [6.07, 6.45) is -0.959. The summed E-state index contributed by atoms with van der Waals surface area (Å²) in [5.74, 6) is 1.71. The van der Waals surface area contributed by atoms with Gasteiger partial charge in [0.05, 0.1) is 0 Å². The van der Waals surface area contributed by atoms with E-state index in [1.54, 1.807) is 11.8 Å². The molecule has 0 aliphatic heterocycles. The van der Waals surface area contributed by atoms with E-state index < -0.39 is 6.09 Å². The van der Waals surface area contributed by atoms with Crippen molar-refractivity contribution in [2.75, 3.05) is 12.3 Å². The van der Waals surface area contributed by atoms with E-state index in [4.69, 9.17) is 5.11 Å². The molecule has 1 aromatic rings. The highest BCUT2D eigenvalue weighted by molar-refractivity contribution is 9.10. The van der Waals surface area contributed by atoms with Crippen molar-refractivity contribution < 1.29 is 9.90 Å². The lowest BCUT2D eigenvalue weighted by Gasteiger charge is -2.02. The molecule has 82 valence electrons. The molecule has 0 aliphatic rings. The first-order valence-corrected chi connectivity index (χ1v) is 6.42. The van der Waals surface area contributed by atoms with Crippen LogP contribution in [0.4, 0.5) is 4.79 Å². The first-order chi connectivity index (χ1) is 7.18. The molecule has 3 nitrogen and oxygen atoms in total. The Balaban J connectivity index is 2.15. The number of hydrogen-bond donors (Lipinski definition) is 2. The number of carboxylic acid groups (broad SMARTS) is 1. The highest BCUT2D eigenvalue weighted by atomic mass is 79.9. The van der Waals surface area contributed by atoms with Crippen LogP contribution in [0.5, 0.6) is 0 Å². The van der Waals surface area contributed by atoms with Gasteiger partial charge in [-0.15, -0.1) is 0 Å². The van der Waals surface area contributed by atoms with Crippen LogP contribution in [-0.2, 0) is 5.75 Å². The topological polar surface area (TPSA) is 49.3 Å². The predicted molar refractivity (Wildman–Crippen MR) is 66.3 cm³/mol. The average Bonchev–Trinajstić information content (AvgIpc) is 2.20. The summed E-state index contributed by atoms with van der Waals surface area (Å²) in [5.41, 5.74) is 1.25. The lowest BCUT2D eigenvalue weighted by Crippen LogP contribution is -2.23. The van der Waals surface area contributed by atoms with Crippen molar-refractivity contribution >= 4 is 33.8 Å². The lowest BCUT2D eigenvalue weighted by atomic mass is 10.2. The van der Waals surface area contributed by atoms with Gasteiger partial charge in [-0.1, -0.05) is 28.1 Å². The zero-order valence-corrected chi connectivity index (χ0v) is 10.5. The van der Waals surface area contributed by atoms with Crippen molar-refractivity contribution in [3.63, 3.8) is 0 Å². The van der Waals surface area contributed by atoms with Gasteiger partial charge in [0.15, 0.2) is 0 Å². The number of amides is 1. The molecule has 1 aromatic carbocycles. The molecule has 0 unspecified atom stereocenters. The number of thioether (sulfide) groups is 1. The number of halogens is 1. The van der Waals surface area contributed by atoms with Gasteiger partial charge >= 0.3 is 6.09 Å². The van der Waals surface area contributed by atoms with Gasteiger partial charge in [0, 0.05) is 22.5 Å². The Kier molecular flexibility index (Phi) is 5.57. The van der Waals surface area contributed by atoms with Crippen LogP contribution in [0, 0.1) is 0 Å². The minimum absolute atomic E-state index is 0.497. The number of carbonyl (C=O) groups is 1. The zero-order valence-electron chi connectivity index (χ0n) is 8.07. The minimum Gasteiger partial charge on any atom is -0.465 e. The Bertz CT molecular complexity index is 316. The Morgan fingerprint density at radius 2 is 2.07 bits per heavy atom. The Morgan fingerprint density at radius 3 is 2.67 bits per heavy atom. The Hall–Kier alpha value is -0.680. The van der Waals surface area contributed by atoms with E-state index in [2.05, 4.69) is 33.4 Å². The summed E-state index contributed by atoms with van der Waals surface area (Å²) in [7, 11) is 0. The molecule has 0 aromatic heterocycles. The molecule has 2 N–H and O–H groups in total. The summed E-state index contributed by atoms with van der Waals surface area (Å²) in [4.78, 5) is 10.1. The molecule has 0 atom stereocenters. The fraction of sp³-hybridized carbons (Fsp3) is 0.300. The van der Waals surface area contributed by atoms with Gasteiger partial charge in [-0.05, 0) is 17.7 Å². The average molecular weight is 290 g/mol. The number of nitrogens with one attached hydrogen (secondary N) is 1. The quantitative estimate of drug-likeness (QED) is 0.820. The van der Waals surface area contributed by atoms with Crippen LogP contribution in [0.15, 0.2) is 28.7 Å². The maximum atomic E-state index is 10.1. The fourth-order valence-corrected chi connectivity index (χ4v) is 2.08. The second kappa shape index (κ2) is 6.74. The molecule has 0 aliphatic carbocycles. The fourth-order valence-electron chi connectivity index (χ4n) is 1.00. The summed E-state index contributed by atoms with van der Waals surface area (Å²) in [6, 6.07) is 8.13. The van der Waals surface area contributed by atoms with Crippen LogP contribution >= 0.6 is 27.7 Å². The summed E-state index contributed by atoms with van der Waals surface area (Å²) in [5, 5.41) is 10.7. The van der Waals surface area contributed by atoms with E-state index in [9.17, 15) is 4.79 Å². The zero-order chi connectivity index (χ0) is 11.1. The van der Waals surface area contributed by atoms with Crippen LogP contribution in [0.3, 0.4) is 0 Å². The number of hydrogen-bond acceptors (Lipinski definition) is 2. The van der Waals surface area contributed by atoms with Gasteiger partial charge in [0.1, 0.15) is 0 Å². The normalized spacial score (nSPS) is 9.93. The van der Waals surface area contributed by atoms with E-state index in [1.807, 2.05) is 12.1 Å². The van der Waals surface area contributed by atoms with Crippen LogP contribution in [0.2, 0.25) is 0 Å². The molecule has 0 bridgehead atoms. The first kappa shape index (κ1) is 12.4. The second-order valence-corrected chi connectivity index (χ2v) is 4.93. The molecule has 0 saturated carbocycles. The van der Waals surface area contributed by atoms with Gasteiger partial charge in [-0.25, -0.2) is 4.79 Å². The van der Waals surface area contributed by atoms with Crippen LogP contribution in [-0.4, -0.2) is 23.5 Å². The predicted octanol–water partition coefficient (Wildman–Crippen LogP) is 2.95. The van der Waals surface area contributed by atoms with Crippen molar-refractivity contribution in [3.05, 3.63) is 34.3 Å². The molecule has 0 spiro atoms. The van der Waals surface area contributed by atoms with E-state index in [-0.39, 0.29) is 0 Å². The van der Waals surface area contributed by atoms with Gasteiger partial charge in [-0.3, -0.25) is 0 Å². The van der Waals surface area contributed by atoms with Gasteiger partial charge in [0.2, 0.25) is 0 Å². The van der Waals surface area contributed by atoms with Gasteiger partial charge in [0.25, 0.3) is 0 Å². The standard InChI is InChI=1S/C10H12BrNO2S/c11-9-3-1-8(2-4-9)7-15-6-5-12-10(13)14/h1-4,12H,5-7H2,(H,13,14). The minimum atomic E-state index is -0.959. The van der Waals surface area contributed by atoms with Crippen molar-refractivity contribution in [3.8, 4) is 0 Å². The summed E-state index contributed by atoms with van der Waals surface area (Å²) < 4.78 is 1.07. The number of rotatable bonds is 5. The molecule has 1 rings (SSSR count). The largest absolute Gasteiger partial charge is 0.465 e.